The second-order valence-corrected chi connectivity index (χ2v) is 3.89. The molecule has 0 aliphatic carbocycles. The van der Waals surface area contributed by atoms with Crippen LogP contribution in [0.5, 0.6) is 0 Å². The molecule has 0 unspecified atom stereocenters. The Kier molecular flexibility index (Phi) is 2.07. The number of nitrogens with one attached hydrogen (secondary N) is 1. The number of aromatic amines is 1. The standard InChI is InChI=1S/C12H8N4O2/c1-16-10-4-7(2-3-11(10)18-12(16)17)9-5-8(6-13)14-15-9/h2-5H,1H3,(H,14,15). The fraction of sp³-hybridized carbons (Fsp3) is 0.0833. The average Bonchev–Trinajstić information content (AvgIpc) is 2.96. The highest BCUT2D eigenvalue weighted by atomic mass is 16.4. The Bertz CT molecular complexity index is 832. The molecule has 0 saturated carbocycles. The molecule has 6 nitrogen and oxygen atoms in total. The second-order valence-electron chi connectivity index (χ2n) is 3.89. The first kappa shape index (κ1) is 10.4. The van der Waals surface area contributed by atoms with Crippen LogP contribution >= 0.6 is 0 Å². The molecule has 6 heteroatoms. The maximum Gasteiger partial charge on any atom is 0.419 e. The van der Waals surface area contributed by atoms with Crippen LogP contribution in [0.3, 0.4) is 0 Å². The van der Waals surface area contributed by atoms with Crippen molar-refractivity contribution in [2.24, 2.45) is 7.05 Å². The van der Waals surface area contributed by atoms with Crippen molar-refractivity contribution >= 4 is 11.1 Å². The van der Waals surface area contributed by atoms with Crippen LogP contribution in [0.2, 0.25) is 0 Å². The Labute approximate surface area is 101 Å². The van der Waals surface area contributed by atoms with Gasteiger partial charge in [0.05, 0.1) is 11.2 Å². The predicted molar refractivity (Wildman–Crippen MR) is 63.8 cm³/mol. The lowest BCUT2D eigenvalue weighted by molar-refractivity contribution is 0.528. The van der Waals surface area contributed by atoms with Gasteiger partial charge in [-0.15, -0.1) is 0 Å². The highest BCUT2D eigenvalue weighted by Crippen LogP contribution is 2.22. The number of benzene rings is 1. The summed E-state index contributed by atoms with van der Waals surface area (Å²) in [6, 6.07) is 8.95. The fourth-order valence-corrected chi connectivity index (χ4v) is 1.82. The smallest absolute Gasteiger partial charge is 0.408 e. The molecule has 2 heterocycles. The Morgan fingerprint density at radius 2 is 2.28 bits per heavy atom. The van der Waals surface area contributed by atoms with Crippen molar-refractivity contribution in [1.82, 2.24) is 14.8 Å². The van der Waals surface area contributed by atoms with E-state index in [0.29, 0.717) is 16.8 Å². The van der Waals surface area contributed by atoms with Crippen molar-refractivity contribution in [2.45, 2.75) is 0 Å². The summed E-state index contributed by atoms with van der Waals surface area (Å²) in [7, 11) is 1.64. The zero-order valence-corrected chi connectivity index (χ0v) is 9.47. The zero-order valence-electron chi connectivity index (χ0n) is 9.47. The topological polar surface area (TPSA) is 87.6 Å². The normalized spacial score (nSPS) is 10.7. The summed E-state index contributed by atoms with van der Waals surface area (Å²) in [6.45, 7) is 0. The Morgan fingerprint density at radius 1 is 1.44 bits per heavy atom. The average molecular weight is 240 g/mol. The first-order valence-electron chi connectivity index (χ1n) is 5.24. The third-order valence-electron chi connectivity index (χ3n) is 2.79. The third-order valence-corrected chi connectivity index (χ3v) is 2.79. The predicted octanol–water partition coefficient (Wildman–Crippen LogP) is 1.39. The van der Waals surface area contributed by atoms with Gasteiger partial charge in [0.2, 0.25) is 0 Å². The van der Waals surface area contributed by atoms with Crippen LogP contribution < -0.4 is 5.76 Å². The highest BCUT2D eigenvalue weighted by Gasteiger charge is 2.09. The molecule has 0 saturated heterocycles. The number of nitrogens with zero attached hydrogens (tertiary/aromatic N) is 3. The van der Waals surface area contributed by atoms with Gasteiger partial charge in [-0.1, -0.05) is 0 Å². The van der Waals surface area contributed by atoms with E-state index in [9.17, 15) is 4.79 Å². The van der Waals surface area contributed by atoms with Gasteiger partial charge in [-0.2, -0.15) is 10.4 Å². The molecule has 1 aromatic carbocycles. The minimum Gasteiger partial charge on any atom is -0.408 e. The van der Waals surface area contributed by atoms with Crippen LogP contribution in [0.1, 0.15) is 5.69 Å². The summed E-state index contributed by atoms with van der Waals surface area (Å²) in [4.78, 5) is 11.4. The number of oxazole rings is 1. The third kappa shape index (κ3) is 1.42. The summed E-state index contributed by atoms with van der Waals surface area (Å²) < 4.78 is 6.48. The molecule has 0 amide bonds. The number of hydrogen-bond donors (Lipinski definition) is 1. The first-order valence-corrected chi connectivity index (χ1v) is 5.24. The van der Waals surface area contributed by atoms with E-state index in [2.05, 4.69) is 10.2 Å². The SMILES string of the molecule is Cn1c(=O)oc2ccc(-c3cc(C#N)n[nH]3)cc21. The van der Waals surface area contributed by atoms with Gasteiger partial charge in [-0.3, -0.25) is 9.67 Å². The maximum atomic E-state index is 11.4. The van der Waals surface area contributed by atoms with Crippen LogP contribution in [0.25, 0.3) is 22.4 Å². The molecule has 0 radical (unpaired) electrons. The maximum absolute atomic E-state index is 11.4. The Morgan fingerprint density at radius 3 is 3.00 bits per heavy atom. The van der Waals surface area contributed by atoms with E-state index in [-0.39, 0.29) is 0 Å². The van der Waals surface area contributed by atoms with E-state index in [4.69, 9.17) is 9.68 Å². The molecule has 0 aliphatic heterocycles. The van der Waals surface area contributed by atoms with Crippen molar-refractivity contribution in [1.29, 1.82) is 5.26 Å². The van der Waals surface area contributed by atoms with E-state index >= 15 is 0 Å². The largest absolute Gasteiger partial charge is 0.419 e. The number of nitriles is 1. The summed E-state index contributed by atoms with van der Waals surface area (Å²) in [5.74, 6) is -0.399. The number of hydrogen-bond acceptors (Lipinski definition) is 4. The van der Waals surface area contributed by atoms with Crippen molar-refractivity contribution in [2.75, 3.05) is 0 Å². The Hall–Kier alpha value is -2.81. The molecule has 0 bridgehead atoms. The van der Waals surface area contributed by atoms with Crippen LogP contribution in [-0.2, 0) is 7.05 Å². The Balaban J connectivity index is 2.21. The summed E-state index contributed by atoms with van der Waals surface area (Å²) in [5, 5.41) is 15.3. The van der Waals surface area contributed by atoms with Crippen LogP contribution in [0.15, 0.2) is 33.5 Å². The second kappa shape index (κ2) is 3.60. The minimum absolute atomic E-state index is 0.325. The van der Waals surface area contributed by atoms with Crippen LogP contribution in [0.4, 0.5) is 0 Å². The molecular formula is C12H8N4O2. The molecule has 0 atom stereocenters. The molecule has 0 aliphatic rings. The summed E-state index contributed by atoms with van der Waals surface area (Å²) in [6.07, 6.45) is 0. The van der Waals surface area contributed by atoms with Gasteiger partial charge in [0, 0.05) is 18.7 Å². The number of fused-ring (bicyclic) bond motifs is 1. The summed E-state index contributed by atoms with van der Waals surface area (Å²) in [5.41, 5.74) is 3.12. The van der Waals surface area contributed by atoms with Crippen LogP contribution in [-0.4, -0.2) is 14.8 Å². The summed E-state index contributed by atoms with van der Waals surface area (Å²) >= 11 is 0. The molecule has 2 aromatic heterocycles. The van der Waals surface area contributed by atoms with E-state index in [0.717, 1.165) is 11.3 Å². The van der Waals surface area contributed by atoms with E-state index in [1.807, 2.05) is 12.1 Å². The molecule has 0 fully saturated rings. The monoisotopic (exact) mass is 240 g/mol. The highest BCUT2D eigenvalue weighted by molar-refractivity contribution is 5.79. The van der Waals surface area contributed by atoms with Gasteiger partial charge >= 0.3 is 5.76 Å². The van der Waals surface area contributed by atoms with Crippen molar-refractivity contribution in [3.63, 3.8) is 0 Å². The lowest BCUT2D eigenvalue weighted by Crippen LogP contribution is -2.08. The van der Waals surface area contributed by atoms with E-state index in [1.54, 1.807) is 25.2 Å². The lowest BCUT2D eigenvalue weighted by Gasteiger charge is -1.97. The van der Waals surface area contributed by atoms with Gasteiger partial charge in [-0.05, 0) is 18.2 Å². The number of rotatable bonds is 1. The zero-order chi connectivity index (χ0) is 12.7. The molecule has 0 spiro atoms. The van der Waals surface area contributed by atoms with Gasteiger partial charge in [0.1, 0.15) is 6.07 Å². The molecule has 88 valence electrons. The van der Waals surface area contributed by atoms with Gasteiger partial charge in [0.25, 0.3) is 0 Å². The number of aryl methyl sites for hydroxylation is 1. The minimum atomic E-state index is -0.399. The van der Waals surface area contributed by atoms with E-state index < -0.39 is 5.76 Å². The van der Waals surface area contributed by atoms with Gasteiger partial charge < -0.3 is 4.42 Å². The van der Waals surface area contributed by atoms with Gasteiger partial charge in [0.15, 0.2) is 11.3 Å². The first-order chi connectivity index (χ1) is 8.69. The number of H-pyrrole nitrogens is 1. The molecule has 3 rings (SSSR count). The quantitative estimate of drug-likeness (QED) is 0.696. The lowest BCUT2D eigenvalue weighted by atomic mass is 10.1. The number of aromatic nitrogens is 3. The molecule has 18 heavy (non-hydrogen) atoms. The molecule has 1 N–H and O–H groups in total. The molecule has 3 aromatic rings. The van der Waals surface area contributed by atoms with E-state index in [1.165, 1.54) is 4.57 Å². The van der Waals surface area contributed by atoms with Crippen molar-refractivity contribution < 1.29 is 4.42 Å². The van der Waals surface area contributed by atoms with Crippen molar-refractivity contribution in [3.05, 3.63) is 40.5 Å². The molecular weight excluding hydrogens is 232 g/mol. The van der Waals surface area contributed by atoms with Gasteiger partial charge in [-0.25, -0.2) is 4.79 Å². The van der Waals surface area contributed by atoms with Crippen LogP contribution in [0, 0.1) is 11.3 Å². The van der Waals surface area contributed by atoms with Crippen molar-refractivity contribution in [3.8, 4) is 17.3 Å². The fourth-order valence-electron chi connectivity index (χ4n) is 1.82.